The van der Waals surface area contributed by atoms with Crippen LogP contribution >= 0.6 is 0 Å². The zero-order valence-electron chi connectivity index (χ0n) is 4.84. The van der Waals surface area contributed by atoms with Gasteiger partial charge in [-0.15, -0.1) is 0 Å². The molecule has 0 spiro atoms. The molecule has 0 aliphatic heterocycles. The van der Waals surface area contributed by atoms with Gasteiger partial charge >= 0.3 is 0 Å². The van der Waals surface area contributed by atoms with E-state index in [1.807, 2.05) is 0 Å². The number of aliphatic hydroxyl groups excluding tert-OH is 2. The quantitative estimate of drug-likeness (QED) is 0.203. The van der Waals surface area contributed by atoms with E-state index in [0.717, 1.165) is 0 Å². The highest BCUT2D eigenvalue weighted by atomic mass is 17.2. The van der Waals surface area contributed by atoms with E-state index in [9.17, 15) is 9.59 Å². The first-order valence-electron chi connectivity index (χ1n) is 2.29. The van der Waals surface area contributed by atoms with E-state index >= 15 is 0 Å². The Bertz CT molecular complexity index is 98.3. The molecule has 58 valence electrons. The molecule has 2 atom stereocenters. The van der Waals surface area contributed by atoms with E-state index in [1.165, 1.54) is 0 Å². The highest BCUT2D eigenvalue weighted by Crippen LogP contribution is 1.87. The molecule has 2 unspecified atom stereocenters. The largest absolute Gasteiger partial charge is 0.360 e. The van der Waals surface area contributed by atoms with Crippen molar-refractivity contribution in [1.82, 2.24) is 0 Å². The van der Waals surface area contributed by atoms with Crippen molar-refractivity contribution in [2.24, 2.45) is 0 Å². The van der Waals surface area contributed by atoms with Gasteiger partial charge in [0, 0.05) is 0 Å². The molecule has 0 saturated carbocycles. The molecule has 0 bridgehead atoms. The summed E-state index contributed by atoms with van der Waals surface area (Å²) in [6.45, 7) is 0. The zero-order valence-corrected chi connectivity index (χ0v) is 4.84. The maximum absolute atomic E-state index is 9.58. The van der Waals surface area contributed by atoms with Gasteiger partial charge in [-0.05, 0) is 0 Å². The number of rotatable bonds is 5. The first-order valence-corrected chi connectivity index (χ1v) is 2.29. The highest BCUT2D eigenvalue weighted by Gasteiger charge is 2.06. The van der Waals surface area contributed by atoms with Gasteiger partial charge < -0.3 is 10.2 Å². The van der Waals surface area contributed by atoms with E-state index < -0.39 is 12.6 Å². The summed E-state index contributed by atoms with van der Waals surface area (Å²) in [6, 6.07) is 0. The Labute approximate surface area is 55.9 Å². The van der Waals surface area contributed by atoms with Gasteiger partial charge in [0.15, 0.2) is 12.6 Å². The lowest BCUT2D eigenvalue weighted by Gasteiger charge is -2.04. The summed E-state index contributed by atoms with van der Waals surface area (Å²) >= 11 is 0. The van der Waals surface area contributed by atoms with Gasteiger partial charge in [-0.1, -0.05) is 0 Å². The average molecular weight is 150 g/mol. The molecule has 2 N–H and O–H groups in total. The van der Waals surface area contributed by atoms with E-state index in [-0.39, 0.29) is 12.6 Å². The Morgan fingerprint density at radius 3 is 1.50 bits per heavy atom. The fraction of sp³-hybridized carbons (Fsp3) is 0.500. The van der Waals surface area contributed by atoms with Crippen molar-refractivity contribution in [1.29, 1.82) is 0 Å². The number of hydrogen-bond acceptors (Lipinski definition) is 6. The van der Waals surface area contributed by atoms with Crippen LogP contribution in [-0.4, -0.2) is 35.4 Å². The van der Waals surface area contributed by atoms with E-state index in [1.54, 1.807) is 0 Å². The summed E-state index contributed by atoms with van der Waals surface area (Å²) in [5.41, 5.74) is 0. The molecule has 0 aromatic rings. The Kier molecular flexibility index (Phi) is 4.59. The number of carbonyl (C=O) groups excluding carboxylic acids is 2. The third kappa shape index (κ3) is 4.10. The van der Waals surface area contributed by atoms with Crippen LogP contribution in [0.4, 0.5) is 0 Å². The SMILES string of the molecule is O=CC(O)OOC(O)C=O. The Morgan fingerprint density at radius 1 is 1.00 bits per heavy atom. The molecule has 6 heteroatoms. The van der Waals surface area contributed by atoms with Gasteiger partial charge in [0.05, 0.1) is 0 Å². The van der Waals surface area contributed by atoms with Gasteiger partial charge in [-0.2, -0.15) is 9.78 Å². The minimum absolute atomic E-state index is 0.0253. The minimum Gasteiger partial charge on any atom is -0.360 e. The van der Waals surface area contributed by atoms with Crippen LogP contribution in [-0.2, 0) is 19.4 Å². The number of aldehydes is 2. The number of aliphatic hydroxyl groups is 2. The molecule has 0 aliphatic rings. The normalized spacial score (nSPS) is 15.8. The smallest absolute Gasteiger partial charge is 0.245 e. The second-order valence-electron chi connectivity index (χ2n) is 1.25. The van der Waals surface area contributed by atoms with E-state index in [4.69, 9.17) is 10.2 Å². The molecule has 0 aromatic carbocycles. The lowest BCUT2D eigenvalue weighted by Crippen LogP contribution is -2.20. The topological polar surface area (TPSA) is 93.1 Å². The van der Waals surface area contributed by atoms with Gasteiger partial charge in [-0.25, -0.2) is 0 Å². The van der Waals surface area contributed by atoms with Crippen LogP contribution in [0, 0.1) is 0 Å². The van der Waals surface area contributed by atoms with Crippen molar-refractivity contribution in [3.63, 3.8) is 0 Å². The van der Waals surface area contributed by atoms with Crippen LogP contribution in [0.15, 0.2) is 0 Å². The van der Waals surface area contributed by atoms with E-state index in [2.05, 4.69) is 9.78 Å². The lowest BCUT2D eigenvalue weighted by molar-refractivity contribution is -0.397. The van der Waals surface area contributed by atoms with Crippen molar-refractivity contribution in [2.75, 3.05) is 0 Å². The predicted molar refractivity (Wildman–Crippen MR) is 26.3 cm³/mol. The Morgan fingerprint density at radius 2 is 1.30 bits per heavy atom. The maximum atomic E-state index is 9.58. The second kappa shape index (κ2) is 5.00. The van der Waals surface area contributed by atoms with Gasteiger partial charge in [0.2, 0.25) is 12.6 Å². The van der Waals surface area contributed by atoms with Gasteiger partial charge in [0.25, 0.3) is 0 Å². The van der Waals surface area contributed by atoms with Crippen LogP contribution in [0.2, 0.25) is 0 Å². The van der Waals surface area contributed by atoms with Crippen molar-refractivity contribution >= 4 is 12.6 Å². The third-order valence-electron chi connectivity index (χ3n) is 0.486. The molecule has 10 heavy (non-hydrogen) atoms. The molecule has 0 radical (unpaired) electrons. The zero-order chi connectivity index (χ0) is 7.98. The molecule has 6 nitrogen and oxygen atoms in total. The second-order valence-corrected chi connectivity index (χ2v) is 1.25. The average Bonchev–Trinajstić information content (AvgIpc) is 1.99. The van der Waals surface area contributed by atoms with Crippen LogP contribution < -0.4 is 0 Å². The number of carbonyl (C=O) groups is 2. The summed E-state index contributed by atoms with van der Waals surface area (Å²) < 4.78 is 0. The molecule has 0 saturated heterocycles. The first-order chi connectivity index (χ1) is 4.70. The molecule has 0 rings (SSSR count). The lowest BCUT2D eigenvalue weighted by atomic mass is 10.7. The molecule has 0 amide bonds. The van der Waals surface area contributed by atoms with Gasteiger partial charge in [-0.3, -0.25) is 9.59 Å². The fourth-order valence-corrected chi connectivity index (χ4v) is 0.159. The van der Waals surface area contributed by atoms with Crippen molar-refractivity contribution < 1.29 is 29.6 Å². The first kappa shape index (κ1) is 9.18. The van der Waals surface area contributed by atoms with Crippen LogP contribution in [0.5, 0.6) is 0 Å². The predicted octanol–water partition coefficient (Wildman–Crippen LogP) is -2.03. The van der Waals surface area contributed by atoms with Crippen molar-refractivity contribution in [3.8, 4) is 0 Å². The maximum Gasteiger partial charge on any atom is 0.245 e. The third-order valence-corrected chi connectivity index (χ3v) is 0.486. The van der Waals surface area contributed by atoms with Crippen LogP contribution in [0.3, 0.4) is 0 Å². The standard InChI is InChI=1S/C4H6O6/c5-1-3(7)9-10-4(8)2-6/h1-4,7-8H. The van der Waals surface area contributed by atoms with Crippen molar-refractivity contribution in [2.45, 2.75) is 12.6 Å². The van der Waals surface area contributed by atoms with Gasteiger partial charge in [0.1, 0.15) is 0 Å². The summed E-state index contributed by atoms with van der Waals surface area (Å²) in [5.74, 6) is 0. The molecular weight excluding hydrogens is 144 g/mol. The summed E-state index contributed by atoms with van der Waals surface area (Å²) in [7, 11) is 0. The minimum atomic E-state index is -1.78. The molecule has 0 aromatic heterocycles. The monoisotopic (exact) mass is 150 g/mol. The molecule has 0 fully saturated rings. The van der Waals surface area contributed by atoms with E-state index in [0.29, 0.717) is 0 Å². The Hall–Kier alpha value is -0.820. The molecule has 0 aliphatic carbocycles. The fourth-order valence-electron chi connectivity index (χ4n) is 0.159. The van der Waals surface area contributed by atoms with Crippen molar-refractivity contribution in [3.05, 3.63) is 0 Å². The Balaban J connectivity index is 3.34. The number of hydrogen-bond donors (Lipinski definition) is 2. The summed E-state index contributed by atoms with van der Waals surface area (Å²) in [5, 5.41) is 16.5. The van der Waals surface area contributed by atoms with Crippen LogP contribution in [0.25, 0.3) is 0 Å². The summed E-state index contributed by atoms with van der Waals surface area (Å²) in [4.78, 5) is 26.7. The molecular formula is C4H6O6. The summed E-state index contributed by atoms with van der Waals surface area (Å²) in [6.07, 6.45) is -3.51. The highest BCUT2D eigenvalue weighted by molar-refractivity contribution is 5.54. The van der Waals surface area contributed by atoms with Crippen LogP contribution in [0.1, 0.15) is 0 Å². The molecule has 0 heterocycles.